The largest absolute Gasteiger partial charge is 0.468 e. The summed E-state index contributed by atoms with van der Waals surface area (Å²) in [6.45, 7) is 4.56. The number of aromatic nitrogens is 3. The minimum Gasteiger partial charge on any atom is -0.468 e. The summed E-state index contributed by atoms with van der Waals surface area (Å²) in [6, 6.07) is 8.83. The summed E-state index contributed by atoms with van der Waals surface area (Å²) in [5, 5.41) is 1.53. The van der Waals surface area contributed by atoms with Crippen molar-refractivity contribution >= 4 is 49.2 Å². The van der Waals surface area contributed by atoms with Gasteiger partial charge in [0.25, 0.3) is 0 Å². The molecule has 4 heterocycles. The number of hydrogen-bond donors (Lipinski definition) is 0. The van der Waals surface area contributed by atoms with Gasteiger partial charge in [0.1, 0.15) is 15.9 Å². The van der Waals surface area contributed by atoms with Crippen molar-refractivity contribution in [3.63, 3.8) is 0 Å². The molecule has 30 heavy (non-hydrogen) atoms. The second-order valence-corrected chi connectivity index (χ2v) is 9.28. The zero-order chi connectivity index (χ0) is 20.9. The summed E-state index contributed by atoms with van der Waals surface area (Å²) in [7, 11) is 0. The molecule has 0 saturated carbocycles. The SMILES string of the molecule is CC1(C)Cc2nc3sc4c(OCC(=O)c5ccc(Cl)cc5)ncnc4c3cc2CO1. The Hall–Kier alpha value is -2.61. The molecule has 0 spiro atoms. The fourth-order valence-electron chi connectivity index (χ4n) is 3.52. The van der Waals surface area contributed by atoms with Crippen molar-refractivity contribution in [2.24, 2.45) is 0 Å². The summed E-state index contributed by atoms with van der Waals surface area (Å²) < 4.78 is 12.5. The topological polar surface area (TPSA) is 74.2 Å². The fourth-order valence-corrected chi connectivity index (χ4v) is 4.72. The molecule has 1 aliphatic rings. The zero-order valence-electron chi connectivity index (χ0n) is 16.4. The quantitative estimate of drug-likeness (QED) is 0.416. The van der Waals surface area contributed by atoms with Crippen LogP contribution in [0.2, 0.25) is 5.02 Å². The second-order valence-electron chi connectivity index (χ2n) is 7.85. The first-order valence-electron chi connectivity index (χ1n) is 9.51. The van der Waals surface area contributed by atoms with E-state index >= 15 is 0 Å². The molecule has 0 aliphatic carbocycles. The number of halogens is 1. The number of Topliss-reactive ketones (excluding diaryl/α,β-unsaturated/α-hetero) is 1. The van der Waals surface area contributed by atoms with Gasteiger partial charge in [0.2, 0.25) is 5.88 Å². The molecule has 1 aliphatic heterocycles. The van der Waals surface area contributed by atoms with E-state index in [4.69, 9.17) is 26.1 Å². The molecule has 0 saturated heterocycles. The molecule has 0 radical (unpaired) electrons. The molecule has 0 amide bonds. The molecule has 8 heteroatoms. The Balaban J connectivity index is 1.47. The number of hydrogen-bond acceptors (Lipinski definition) is 7. The van der Waals surface area contributed by atoms with Gasteiger partial charge in [-0.15, -0.1) is 11.3 Å². The Morgan fingerprint density at radius 3 is 2.87 bits per heavy atom. The van der Waals surface area contributed by atoms with Crippen LogP contribution in [-0.2, 0) is 17.8 Å². The molecule has 0 bridgehead atoms. The minimum atomic E-state index is -0.222. The van der Waals surface area contributed by atoms with E-state index in [0.29, 0.717) is 23.1 Å². The van der Waals surface area contributed by atoms with Gasteiger partial charge in [-0.05, 0) is 44.2 Å². The van der Waals surface area contributed by atoms with Gasteiger partial charge >= 0.3 is 0 Å². The van der Waals surface area contributed by atoms with Crippen LogP contribution in [0.15, 0.2) is 36.7 Å². The van der Waals surface area contributed by atoms with Crippen molar-refractivity contribution in [1.29, 1.82) is 0 Å². The highest BCUT2D eigenvalue weighted by molar-refractivity contribution is 7.25. The van der Waals surface area contributed by atoms with Gasteiger partial charge in [0.15, 0.2) is 12.4 Å². The highest BCUT2D eigenvalue weighted by Gasteiger charge is 2.28. The van der Waals surface area contributed by atoms with Crippen molar-refractivity contribution in [3.05, 3.63) is 58.5 Å². The van der Waals surface area contributed by atoms with Gasteiger partial charge in [0.05, 0.1) is 23.4 Å². The van der Waals surface area contributed by atoms with E-state index in [2.05, 4.69) is 29.9 Å². The van der Waals surface area contributed by atoms with E-state index in [1.54, 1.807) is 24.3 Å². The number of carbonyl (C=O) groups is 1. The van der Waals surface area contributed by atoms with Crippen LogP contribution in [0, 0.1) is 0 Å². The van der Waals surface area contributed by atoms with Crippen molar-refractivity contribution in [2.45, 2.75) is 32.5 Å². The Morgan fingerprint density at radius 1 is 1.27 bits per heavy atom. The molecule has 0 unspecified atom stereocenters. The van der Waals surface area contributed by atoms with Gasteiger partial charge < -0.3 is 9.47 Å². The normalized spacial score (nSPS) is 15.3. The molecule has 6 nitrogen and oxygen atoms in total. The molecule has 0 fully saturated rings. The van der Waals surface area contributed by atoms with Crippen LogP contribution in [0.1, 0.15) is 35.5 Å². The molecule has 3 aromatic heterocycles. The molecule has 152 valence electrons. The summed E-state index contributed by atoms with van der Waals surface area (Å²) in [5.41, 5.74) is 3.23. The highest BCUT2D eigenvalue weighted by atomic mass is 35.5. The summed E-state index contributed by atoms with van der Waals surface area (Å²) in [4.78, 5) is 26.9. The average Bonchev–Trinajstić information content (AvgIpc) is 3.08. The van der Waals surface area contributed by atoms with Crippen LogP contribution in [0.5, 0.6) is 5.88 Å². The first kappa shape index (κ1) is 19.4. The maximum atomic E-state index is 12.4. The summed E-state index contributed by atoms with van der Waals surface area (Å²) >= 11 is 7.36. The van der Waals surface area contributed by atoms with Crippen LogP contribution in [-0.4, -0.2) is 32.9 Å². The Labute approximate surface area is 181 Å². The molecule has 1 aromatic carbocycles. The van der Waals surface area contributed by atoms with Crippen molar-refractivity contribution in [1.82, 2.24) is 15.0 Å². The molecular weight excluding hydrogens is 422 g/mol. The first-order valence-corrected chi connectivity index (χ1v) is 10.7. The Morgan fingerprint density at radius 2 is 2.07 bits per heavy atom. The second kappa shape index (κ2) is 7.27. The van der Waals surface area contributed by atoms with Gasteiger partial charge in [-0.3, -0.25) is 4.79 Å². The van der Waals surface area contributed by atoms with Crippen LogP contribution in [0.4, 0.5) is 0 Å². The monoisotopic (exact) mass is 439 g/mol. The van der Waals surface area contributed by atoms with Crippen LogP contribution < -0.4 is 4.74 Å². The van der Waals surface area contributed by atoms with E-state index in [0.717, 1.165) is 38.1 Å². The van der Waals surface area contributed by atoms with Crippen molar-refractivity contribution in [2.75, 3.05) is 6.61 Å². The lowest BCUT2D eigenvalue weighted by molar-refractivity contribution is -0.0411. The lowest BCUT2D eigenvalue weighted by Crippen LogP contribution is -2.32. The van der Waals surface area contributed by atoms with Gasteiger partial charge in [-0.2, -0.15) is 0 Å². The third kappa shape index (κ3) is 3.53. The summed E-state index contributed by atoms with van der Waals surface area (Å²) in [5.74, 6) is 0.243. The van der Waals surface area contributed by atoms with Crippen molar-refractivity contribution < 1.29 is 14.3 Å². The van der Waals surface area contributed by atoms with Gasteiger partial charge in [0, 0.05) is 28.0 Å². The van der Waals surface area contributed by atoms with Gasteiger partial charge in [-0.25, -0.2) is 15.0 Å². The highest BCUT2D eigenvalue weighted by Crippen LogP contribution is 2.38. The molecular formula is C22H18ClN3O3S. The maximum absolute atomic E-state index is 12.4. The third-order valence-electron chi connectivity index (χ3n) is 5.10. The standard InChI is InChI=1S/C22H18ClN3O3S/c1-22(2)8-16-13(9-29-22)7-15-18-19(30-21(15)26-16)20(25-11-24-18)28-10-17(27)12-3-5-14(23)6-4-12/h3-7,11H,8-10H2,1-2H3. The van der Waals surface area contributed by atoms with Crippen molar-refractivity contribution in [3.8, 4) is 5.88 Å². The number of rotatable bonds is 4. The number of carbonyl (C=O) groups excluding carboxylic acids is 1. The predicted octanol–water partition coefficient (Wildman–Crippen LogP) is 5.01. The van der Waals surface area contributed by atoms with E-state index in [1.807, 2.05) is 0 Å². The predicted molar refractivity (Wildman–Crippen MR) is 117 cm³/mol. The van der Waals surface area contributed by atoms with Crippen LogP contribution in [0.25, 0.3) is 20.4 Å². The molecule has 5 rings (SSSR count). The van der Waals surface area contributed by atoms with Crippen LogP contribution in [0.3, 0.4) is 0 Å². The number of ketones is 1. The maximum Gasteiger partial charge on any atom is 0.235 e. The van der Waals surface area contributed by atoms with E-state index in [-0.39, 0.29) is 18.0 Å². The number of pyridine rings is 1. The zero-order valence-corrected chi connectivity index (χ0v) is 18.0. The average molecular weight is 440 g/mol. The Bertz CT molecular complexity index is 1280. The molecule has 4 aromatic rings. The van der Waals surface area contributed by atoms with Gasteiger partial charge in [-0.1, -0.05) is 11.6 Å². The number of ether oxygens (including phenoxy) is 2. The summed E-state index contributed by atoms with van der Waals surface area (Å²) in [6.07, 6.45) is 2.22. The number of thiophene rings is 1. The minimum absolute atomic E-state index is 0.117. The van der Waals surface area contributed by atoms with E-state index < -0.39 is 0 Å². The lowest BCUT2D eigenvalue weighted by Gasteiger charge is -2.30. The Kier molecular flexibility index (Phi) is 4.69. The third-order valence-corrected chi connectivity index (χ3v) is 6.43. The smallest absolute Gasteiger partial charge is 0.235 e. The number of nitrogens with zero attached hydrogens (tertiary/aromatic N) is 3. The van der Waals surface area contributed by atoms with E-state index in [9.17, 15) is 4.79 Å². The molecule has 0 atom stereocenters. The first-order chi connectivity index (χ1) is 14.4. The number of benzene rings is 1. The molecule has 0 N–H and O–H groups in total. The van der Waals surface area contributed by atoms with E-state index in [1.165, 1.54) is 17.7 Å². The lowest BCUT2D eigenvalue weighted by atomic mass is 9.95. The van der Waals surface area contributed by atoms with Crippen LogP contribution >= 0.6 is 22.9 Å². The fraction of sp³-hybridized carbons (Fsp3) is 0.273. The number of fused-ring (bicyclic) bond motifs is 4.